The van der Waals surface area contributed by atoms with Crippen LogP contribution in [0.3, 0.4) is 0 Å². The van der Waals surface area contributed by atoms with Crippen molar-refractivity contribution in [2.45, 2.75) is 19.4 Å². The van der Waals surface area contributed by atoms with Crippen LogP contribution < -0.4 is 5.73 Å². The second-order valence-electron chi connectivity index (χ2n) is 3.44. The molecule has 3 heteroatoms. The third-order valence-corrected chi connectivity index (χ3v) is 2.78. The van der Waals surface area contributed by atoms with E-state index in [2.05, 4.69) is 18.0 Å². The van der Waals surface area contributed by atoms with Crippen molar-refractivity contribution in [2.75, 3.05) is 0 Å². The molecule has 0 aliphatic carbocycles. The summed E-state index contributed by atoms with van der Waals surface area (Å²) in [7, 11) is 0. The molecule has 0 saturated carbocycles. The molecule has 2 aromatic rings. The minimum Gasteiger partial charge on any atom is -0.356 e. The van der Waals surface area contributed by atoms with E-state index >= 15 is 0 Å². The molecule has 0 aliphatic heterocycles. The number of H-pyrrole nitrogens is 1. The van der Waals surface area contributed by atoms with E-state index in [1.54, 1.807) is 0 Å². The lowest BCUT2D eigenvalue weighted by atomic mass is 10.1. The maximum Gasteiger partial charge on any atom is 0.0647 e. The van der Waals surface area contributed by atoms with Crippen molar-refractivity contribution in [2.24, 2.45) is 5.73 Å². The quantitative estimate of drug-likeness (QED) is 0.782. The van der Waals surface area contributed by atoms with Gasteiger partial charge >= 0.3 is 0 Å². The van der Waals surface area contributed by atoms with Crippen LogP contribution in [-0.2, 0) is 0 Å². The molecule has 0 spiro atoms. The Labute approximate surface area is 88.1 Å². The first-order valence-electron chi connectivity index (χ1n) is 4.75. The third-order valence-electron chi connectivity index (χ3n) is 2.47. The second kappa shape index (κ2) is 3.64. The van der Waals surface area contributed by atoms with Crippen LogP contribution in [0.5, 0.6) is 0 Å². The van der Waals surface area contributed by atoms with Gasteiger partial charge in [-0.25, -0.2) is 0 Å². The van der Waals surface area contributed by atoms with Gasteiger partial charge < -0.3 is 10.7 Å². The molecular formula is C11H13ClN2. The summed E-state index contributed by atoms with van der Waals surface area (Å²) in [5.74, 6) is 0. The van der Waals surface area contributed by atoms with Crippen molar-refractivity contribution in [1.82, 2.24) is 4.98 Å². The molecule has 1 aromatic carbocycles. The lowest BCUT2D eigenvalue weighted by Gasteiger charge is -2.04. The zero-order valence-corrected chi connectivity index (χ0v) is 8.81. The first-order chi connectivity index (χ1) is 6.72. The molecule has 1 atom stereocenters. The summed E-state index contributed by atoms with van der Waals surface area (Å²) in [5.41, 5.74) is 7.97. The second-order valence-corrected chi connectivity index (χ2v) is 3.85. The van der Waals surface area contributed by atoms with E-state index in [4.69, 9.17) is 17.3 Å². The van der Waals surface area contributed by atoms with Gasteiger partial charge in [0.2, 0.25) is 0 Å². The highest BCUT2D eigenvalue weighted by Crippen LogP contribution is 2.25. The molecular weight excluding hydrogens is 196 g/mol. The van der Waals surface area contributed by atoms with E-state index in [9.17, 15) is 0 Å². The predicted molar refractivity (Wildman–Crippen MR) is 60.5 cm³/mol. The molecule has 1 aromatic heterocycles. The number of hydrogen-bond donors (Lipinski definition) is 2. The lowest BCUT2D eigenvalue weighted by Crippen LogP contribution is -2.08. The Balaban J connectivity index is 2.56. The summed E-state index contributed by atoms with van der Waals surface area (Å²) >= 11 is 6.05. The van der Waals surface area contributed by atoms with Crippen LogP contribution in [0.4, 0.5) is 0 Å². The van der Waals surface area contributed by atoms with Gasteiger partial charge in [-0.3, -0.25) is 0 Å². The van der Waals surface area contributed by atoms with Crippen molar-refractivity contribution in [3.63, 3.8) is 0 Å². The van der Waals surface area contributed by atoms with E-state index in [1.165, 1.54) is 0 Å². The van der Waals surface area contributed by atoms with Gasteiger partial charge in [0.1, 0.15) is 0 Å². The molecule has 0 saturated heterocycles. The molecule has 74 valence electrons. The molecule has 14 heavy (non-hydrogen) atoms. The Hall–Kier alpha value is -0.990. The standard InChI is InChI=1S/C11H13ClN2/c1-2-9(13)10-6-7-4-3-5-8(12)11(7)14-10/h3-6,9,14H,2,13H2,1H3. The largest absolute Gasteiger partial charge is 0.356 e. The van der Waals surface area contributed by atoms with Gasteiger partial charge in [-0.1, -0.05) is 30.7 Å². The van der Waals surface area contributed by atoms with Crippen molar-refractivity contribution < 1.29 is 0 Å². The van der Waals surface area contributed by atoms with Gasteiger partial charge in [-0.05, 0) is 18.6 Å². The zero-order valence-electron chi connectivity index (χ0n) is 8.05. The number of para-hydroxylation sites is 1. The van der Waals surface area contributed by atoms with Crippen LogP contribution in [0.2, 0.25) is 5.02 Å². The highest BCUT2D eigenvalue weighted by atomic mass is 35.5. The average Bonchev–Trinajstić information content (AvgIpc) is 2.62. The minimum absolute atomic E-state index is 0.0680. The van der Waals surface area contributed by atoms with Crippen LogP contribution >= 0.6 is 11.6 Å². The molecule has 3 N–H and O–H groups in total. The molecule has 2 nitrogen and oxygen atoms in total. The van der Waals surface area contributed by atoms with E-state index in [-0.39, 0.29) is 6.04 Å². The number of aromatic amines is 1. The number of halogens is 1. The normalized spacial score (nSPS) is 13.4. The van der Waals surface area contributed by atoms with E-state index in [1.807, 2.05) is 18.2 Å². The SMILES string of the molecule is CCC(N)c1cc2cccc(Cl)c2[nH]1. The smallest absolute Gasteiger partial charge is 0.0647 e. The van der Waals surface area contributed by atoms with Crippen molar-refractivity contribution >= 4 is 22.5 Å². The number of benzene rings is 1. The maximum absolute atomic E-state index is 6.05. The highest BCUT2D eigenvalue weighted by molar-refractivity contribution is 6.35. The summed E-state index contributed by atoms with van der Waals surface area (Å²) < 4.78 is 0. The Morgan fingerprint density at radius 1 is 1.50 bits per heavy atom. The average molecular weight is 209 g/mol. The predicted octanol–water partition coefficient (Wildman–Crippen LogP) is 3.23. The van der Waals surface area contributed by atoms with E-state index < -0.39 is 0 Å². The first kappa shape index (κ1) is 9.56. The Bertz CT molecular complexity index is 447. The number of aromatic nitrogens is 1. The number of hydrogen-bond acceptors (Lipinski definition) is 1. The molecule has 0 amide bonds. The van der Waals surface area contributed by atoms with Crippen LogP contribution in [0.25, 0.3) is 10.9 Å². The van der Waals surface area contributed by atoms with Crippen molar-refractivity contribution in [1.29, 1.82) is 0 Å². The first-order valence-corrected chi connectivity index (χ1v) is 5.13. The van der Waals surface area contributed by atoms with Crippen LogP contribution in [0.15, 0.2) is 24.3 Å². The van der Waals surface area contributed by atoms with E-state index in [0.29, 0.717) is 0 Å². The topological polar surface area (TPSA) is 41.8 Å². The van der Waals surface area contributed by atoms with Crippen molar-refractivity contribution in [3.8, 4) is 0 Å². The molecule has 1 heterocycles. The zero-order chi connectivity index (χ0) is 10.1. The summed E-state index contributed by atoms with van der Waals surface area (Å²) in [4.78, 5) is 3.26. The number of fused-ring (bicyclic) bond motifs is 1. The molecule has 2 rings (SSSR count). The highest BCUT2D eigenvalue weighted by Gasteiger charge is 2.08. The molecule has 0 aliphatic rings. The fourth-order valence-corrected chi connectivity index (χ4v) is 1.79. The monoisotopic (exact) mass is 208 g/mol. The summed E-state index contributed by atoms with van der Waals surface area (Å²) in [5, 5.41) is 1.87. The van der Waals surface area contributed by atoms with E-state index in [0.717, 1.165) is 28.0 Å². The van der Waals surface area contributed by atoms with Crippen LogP contribution in [-0.4, -0.2) is 4.98 Å². The van der Waals surface area contributed by atoms with Gasteiger partial charge in [0.15, 0.2) is 0 Å². The van der Waals surface area contributed by atoms with Crippen LogP contribution in [0, 0.1) is 0 Å². The Morgan fingerprint density at radius 3 is 2.93 bits per heavy atom. The number of rotatable bonds is 2. The van der Waals surface area contributed by atoms with Gasteiger partial charge in [-0.15, -0.1) is 0 Å². The molecule has 0 fully saturated rings. The summed E-state index contributed by atoms with van der Waals surface area (Å²) in [6, 6.07) is 7.99. The van der Waals surface area contributed by atoms with Gasteiger partial charge in [0, 0.05) is 17.1 Å². The van der Waals surface area contributed by atoms with Crippen LogP contribution in [0.1, 0.15) is 25.1 Å². The summed E-state index contributed by atoms with van der Waals surface area (Å²) in [6.45, 7) is 2.07. The number of nitrogens with one attached hydrogen (secondary N) is 1. The molecule has 0 bridgehead atoms. The Kier molecular flexibility index (Phi) is 2.48. The van der Waals surface area contributed by atoms with Gasteiger partial charge in [-0.2, -0.15) is 0 Å². The summed E-state index contributed by atoms with van der Waals surface area (Å²) in [6.07, 6.45) is 0.921. The number of nitrogens with two attached hydrogens (primary N) is 1. The van der Waals surface area contributed by atoms with Gasteiger partial charge in [0.25, 0.3) is 0 Å². The fourth-order valence-electron chi connectivity index (χ4n) is 1.56. The molecule has 1 unspecified atom stereocenters. The Morgan fingerprint density at radius 2 is 2.29 bits per heavy atom. The third kappa shape index (κ3) is 1.51. The minimum atomic E-state index is 0.0680. The van der Waals surface area contributed by atoms with Crippen molar-refractivity contribution in [3.05, 3.63) is 35.0 Å². The molecule has 0 radical (unpaired) electrons. The maximum atomic E-state index is 6.05. The lowest BCUT2D eigenvalue weighted by molar-refractivity contribution is 0.682. The fraction of sp³-hybridized carbons (Fsp3) is 0.273. The van der Waals surface area contributed by atoms with Gasteiger partial charge in [0.05, 0.1) is 10.5 Å².